The number of likely N-dealkylation sites (tertiary alicyclic amines) is 3. The van der Waals surface area contributed by atoms with Gasteiger partial charge in [0.05, 0.1) is 52.8 Å². The van der Waals surface area contributed by atoms with E-state index in [0.29, 0.717) is 171 Å². The number of aryl methyl sites for hydroxylation is 3. The number of rotatable bonds is 23. The molecule has 3 saturated carbocycles. The maximum atomic E-state index is 14.6. The average molecular weight is 1790 g/mol. The van der Waals surface area contributed by atoms with E-state index in [1.54, 1.807) is 67.8 Å². The lowest BCUT2D eigenvalue weighted by atomic mass is 9.66. The lowest BCUT2D eigenvalue weighted by molar-refractivity contribution is -0.162. The molecule has 3 aliphatic carbocycles. The Morgan fingerprint density at radius 3 is 1.19 bits per heavy atom. The summed E-state index contributed by atoms with van der Waals surface area (Å²) < 4.78 is 103. The highest BCUT2D eigenvalue weighted by Gasteiger charge is 2.53. The van der Waals surface area contributed by atoms with Gasteiger partial charge in [-0.05, 0) is 144 Å². The van der Waals surface area contributed by atoms with Crippen LogP contribution >= 0.6 is 34.8 Å². The molecule has 9 aliphatic rings. The summed E-state index contributed by atoms with van der Waals surface area (Å²) in [7, 11) is 4.18. The van der Waals surface area contributed by atoms with Gasteiger partial charge in [0.1, 0.15) is 71.2 Å². The van der Waals surface area contributed by atoms with Gasteiger partial charge in [0.25, 0.3) is 19.3 Å². The minimum absolute atomic E-state index is 0.0133. The van der Waals surface area contributed by atoms with Crippen LogP contribution in [0.1, 0.15) is 247 Å². The number of amides is 6. The zero-order valence-corrected chi connectivity index (χ0v) is 72.2. The Kier molecular flexibility index (Phi) is 27.5. The lowest BCUT2D eigenvalue weighted by Crippen LogP contribution is -2.52. The molecule has 40 heteroatoms. The van der Waals surface area contributed by atoms with Crippen LogP contribution < -0.4 is 14.2 Å². The number of H-pyrrole nitrogens is 1. The van der Waals surface area contributed by atoms with Gasteiger partial charge < -0.3 is 48.7 Å². The Morgan fingerprint density at radius 2 is 0.847 bits per heavy atom. The van der Waals surface area contributed by atoms with Gasteiger partial charge >= 0.3 is 5.97 Å². The molecule has 10 heterocycles. The molecular weight excluding hydrogens is 1690 g/mol. The van der Waals surface area contributed by atoms with E-state index in [9.17, 15) is 70.3 Å². The molecule has 16 rings (SSSR count). The maximum absolute atomic E-state index is 14.6. The van der Waals surface area contributed by atoms with Gasteiger partial charge in [-0.15, -0.1) is 25.5 Å². The Balaban J connectivity index is 0.000000151. The number of carboxylic acids is 1. The Hall–Kier alpha value is -10.2. The summed E-state index contributed by atoms with van der Waals surface area (Å²) >= 11 is 20.0. The summed E-state index contributed by atoms with van der Waals surface area (Å²) in [5.74, 6) is -1.31. The van der Waals surface area contributed by atoms with E-state index in [1.165, 1.54) is 21.1 Å². The second-order valence-corrected chi connectivity index (χ2v) is 35.5. The van der Waals surface area contributed by atoms with Crippen LogP contribution in [0.15, 0.2) is 36.4 Å². The van der Waals surface area contributed by atoms with Crippen molar-refractivity contribution in [3.63, 3.8) is 0 Å². The van der Waals surface area contributed by atoms with Gasteiger partial charge in [-0.25, -0.2) is 40.4 Å². The highest BCUT2D eigenvalue weighted by atomic mass is 35.5. The van der Waals surface area contributed by atoms with Crippen LogP contribution in [0.5, 0.6) is 17.2 Å². The van der Waals surface area contributed by atoms with E-state index >= 15 is 0 Å². The van der Waals surface area contributed by atoms with Gasteiger partial charge in [-0.2, -0.15) is 10.5 Å². The van der Waals surface area contributed by atoms with Crippen LogP contribution in [0.25, 0.3) is 0 Å². The zero-order valence-electron chi connectivity index (χ0n) is 69.9. The smallest absolute Gasteiger partial charge is 0.310 e. The van der Waals surface area contributed by atoms with Crippen molar-refractivity contribution in [3.8, 4) is 23.3 Å². The number of tetrazole rings is 1. The number of aliphatic carboxylic acids is 1. The molecule has 6 fully saturated rings. The Bertz CT molecular complexity index is 5190. The van der Waals surface area contributed by atoms with Crippen LogP contribution in [0, 0.1) is 39.9 Å². The number of benzene rings is 3. The van der Waals surface area contributed by atoms with Crippen LogP contribution in [-0.4, -0.2) is 200 Å². The number of carbonyl (C=O) groups excluding carboxylic acids is 6. The minimum atomic E-state index is -2.80. The summed E-state index contributed by atoms with van der Waals surface area (Å²) in [4.78, 5) is 104. The van der Waals surface area contributed by atoms with Crippen molar-refractivity contribution in [1.82, 2.24) is 95.0 Å². The average Bonchev–Trinajstić information content (AvgIpc) is 0.980. The van der Waals surface area contributed by atoms with Gasteiger partial charge in [0.15, 0.2) is 5.82 Å². The van der Waals surface area contributed by atoms with Crippen molar-refractivity contribution in [1.29, 1.82) is 5.26 Å². The normalized spacial score (nSPS) is 24.5. The number of ether oxygens (including phenoxy) is 3. The zero-order chi connectivity index (χ0) is 88.4. The minimum Gasteiger partial charge on any atom is -0.487 e. The third-order valence-electron chi connectivity index (χ3n) is 26.9. The van der Waals surface area contributed by atoms with Gasteiger partial charge in [0, 0.05) is 136 Å². The second kappa shape index (κ2) is 37.9. The van der Waals surface area contributed by atoms with E-state index in [2.05, 4.69) is 57.6 Å². The second-order valence-electron chi connectivity index (χ2n) is 34.2. The topological polar surface area (TPSA) is 357 Å². The summed E-state index contributed by atoms with van der Waals surface area (Å²) in [6.45, 7) is 8.26. The predicted octanol–water partition coefficient (Wildman–Crippen LogP) is 12.8. The fraction of sp³-hybridized carbons (Fsp3) is 0.607. The Labute approximate surface area is 727 Å². The third-order valence-corrected chi connectivity index (χ3v) is 28.0. The number of carbonyl (C=O) groups is 7. The van der Waals surface area contributed by atoms with Crippen molar-refractivity contribution in [2.75, 3.05) is 58.9 Å². The molecule has 31 nitrogen and oxygen atoms in total. The monoisotopic (exact) mass is 1780 g/mol. The quantitative estimate of drug-likeness (QED) is 0.0562. The first-order chi connectivity index (χ1) is 59.3. The van der Waals surface area contributed by atoms with Crippen LogP contribution in [0.3, 0.4) is 0 Å². The number of nitrogens with one attached hydrogen (secondary N) is 1. The number of carboxylic acid groups (broad SMARTS) is 1. The van der Waals surface area contributed by atoms with Gasteiger partial charge in [-0.1, -0.05) is 101 Å². The van der Waals surface area contributed by atoms with Crippen molar-refractivity contribution in [2.45, 2.75) is 218 Å². The third kappa shape index (κ3) is 18.0. The molecule has 3 aromatic carbocycles. The number of aromatic nitrogens is 13. The van der Waals surface area contributed by atoms with Crippen LogP contribution in [-0.2, 0) is 99.2 Å². The van der Waals surface area contributed by atoms with Crippen molar-refractivity contribution >= 4 is 76.2 Å². The number of aromatic amines is 1. The molecule has 6 aliphatic heterocycles. The highest BCUT2D eigenvalue weighted by Crippen LogP contribution is 2.52. The predicted molar refractivity (Wildman–Crippen MR) is 434 cm³/mol. The first-order valence-electron chi connectivity index (χ1n) is 42.3. The molecule has 3 saturated heterocycles. The SMILES string of the molecule is Cn1nnc(COc2ccc(Cl)c3c2[C@@H](CN2CCCC2=O)N(C(=O)[C@@H]2CCCC[C@]2(C)C#N)CC3)c1C(F)F.Cn1nnc(COc2ccc(Cl)c3c2[C@@H](CN2CCCC2=O)N(C(=O)[C@@H]2CCCC[C@]2(C)C(=O)O)CC3)c1C(F)F.Cn1nnc(COc2ccc(Cl)c3c2[C@@H](CN2CCCC2=O)N(C(=O)[C@@H]2CCCC[C@]2(C)c2nn[nH]n2)CC3)c1C(F)F. The standard InChI is InChI=1S/C28H34ClF2N9O3.C28H33ClF2N6O3.C28H34ClF2N5O5/c1-28(27-33-35-36-34-27)11-4-3-6-17(28)26(42)40-13-10-16-18(29)8-9-21(23(16)20(40)14-39-12-5-7-22(39)41)43-15-19-24(25(30)31)38(2)37-32-19;1-28(16-32)11-4-3-6-18(28)27(39)37-13-10-17-19(29)8-9-22(24(17)21(37)14-36-12-5-7-23(36)38)40-15-20-25(26(30)31)35(2)34-33-20;1-28(27(39)40)11-4-3-6-17(28)26(38)36-13-10-16-18(29)8-9-21(23(16)20(36)14-35-12-5-7-22(35)37)41-15-19-24(25(30)31)34(2)33-32-19/h8-9,17,20,25H,3-7,10-15H2,1-2H3,(H,33,34,35,36);8-9,18,21,26H,3-7,10-15H2,1-2H3;8-9,17,20,25H,3-7,10-15H2,1-2H3,(H,39,40)/t17-,20+,28-;18-,21+,28+;17-,20+,28-/m000/s1. The lowest BCUT2D eigenvalue weighted by Gasteiger charge is -2.45. The molecular formula is C84H101Cl3F6N20O11. The van der Waals surface area contributed by atoms with E-state index in [-0.39, 0.29) is 109 Å². The molecule has 9 atom stereocenters. The van der Waals surface area contributed by atoms with Crippen molar-refractivity contribution in [2.24, 2.45) is 49.7 Å². The molecule has 2 N–H and O–H groups in total. The van der Waals surface area contributed by atoms with Gasteiger partial charge in [-0.3, -0.25) is 33.6 Å². The van der Waals surface area contributed by atoms with Crippen LogP contribution in [0.2, 0.25) is 15.1 Å². The molecule has 0 radical (unpaired) electrons. The maximum Gasteiger partial charge on any atom is 0.310 e. The molecule has 0 unspecified atom stereocenters. The number of alkyl halides is 6. The summed E-state index contributed by atoms with van der Waals surface area (Å²) in [5, 5.41) is 59.2. The number of fused-ring (bicyclic) bond motifs is 3. The van der Waals surface area contributed by atoms with E-state index in [1.807, 2.05) is 18.7 Å². The van der Waals surface area contributed by atoms with E-state index in [4.69, 9.17) is 49.0 Å². The van der Waals surface area contributed by atoms with E-state index in [0.717, 1.165) is 88.5 Å². The van der Waals surface area contributed by atoms with Crippen molar-refractivity contribution in [3.05, 3.63) is 125 Å². The summed E-state index contributed by atoms with van der Waals surface area (Å²) in [5.41, 5.74) is 0.782. The molecule has 666 valence electrons. The molecule has 6 amide bonds. The number of nitrogens with zero attached hydrogens (tertiary/aromatic N) is 19. The van der Waals surface area contributed by atoms with Crippen LogP contribution in [0.4, 0.5) is 26.3 Å². The molecule has 124 heavy (non-hydrogen) atoms. The van der Waals surface area contributed by atoms with E-state index < -0.39 is 77.4 Å². The number of hydrogen-bond acceptors (Lipinski definition) is 20. The molecule has 7 aromatic rings. The Morgan fingerprint density at radius 1 is 0.492 bits per heavy atom. The summed E-state index contributed by atoms with van der Waals surface area (Å²) in [6, 6.07) is 10.7. The highest BCUT2D eigenvalue weighted by molar-refractivity contribution is 6.32. The van der Waals surface area contributed by atoms with Gasteiger partial charge in [0.2, 0.25) is 35.4 Å². The number of halogens is 9. The molecule has 0 spiro atoms. The first kappa shape index (κ1) is 90.0. The number of hydrogen-bond donors (Lipinski definition) is 2. The number of nitriles is 1. The van der Waals surface area contributed by atoms with Crippen molar-refractivity contribution < 1.29 is 79.2 Å². The fourth-order valence-corrected chi connectivity index (χ4v) is 20.8. The largest absolute Gasteiger partial charge is 0.487 e. The fourth-order valence-electron chi connectivity index (χ4n) is 20.0. The first-order valence-corrected chi connectivity index (χ1v) is 43.4. The summed E-state index contributed by atoms with van der Waals surface area (Å²) in [6.07, 6.45) is 5.15. The molecule has 0 bridgehead atoms. The molecule has 4 aromatic heterocycles.